The van der Waals surface area contributed by atoms with Gasteiger partial charge in [-0.25, -0.2) is 0 Å². The van der Waals surface area contributed by atoms with Crippen LogP contribution >= 0.6 is 22.6 Å². The summed E-state index contributed by atoms with van der Waals surface area (Å²) in [6.45, 7) is 8.70. The first kappa shape index (κ1) is 9.96. The highest BCUT2D eigenvalue weighted by Gasteiger charge is 2.18. The lowest BCUT2D eigenvalue weighted by molar-refractivity contribution is 0.564. The summed E-state index contributed by atoms with van der Waals surface area (Å²) in [5, 5.41) is 0. The molecule has 0 saturated heterocycles. The van der Waals surface area contributed by atoms with Crippen LogP contribution in [0.25, 0.3) is 0 Å². The summed E-state index contributed by atoms with van der Waals surface area (Å²) in [4.78, 5) is 4.40. The van der Waals surface area contributed by atoms with Crippen LogP contribution in [-0.2, 0) is 5.41 Å². The Kier molecular flexibility index (Phi) is 2.76. The zero-order valence-electron chi connectivity index (χ0n) is 7.98. The van der Waals surface area contributed by atoms with Crippen molar-refractivity contribution >= 4 is 22.6 Å². The van der Waals surface area contributed by atoms with Crippen molar-refractivity contribution in [1.29, 1.82) is 0 Å². The second-order valence-electron chi connectivity index (χ2n) is 4.04. The van der Waals surface area contributed by atoms with Crippen molar-refractivity contribution in [1.82, 2.24) is 4.98 Å². The number of nitrogens with zero attached hydrogens (tertiary/aromatic N) is 1. The predicted octanol–water partition coefficient (Wildman–Crippen LogP) is 3.29. The maximum Gasteiger partial charge on any atom is 0.0592 e. The van der Waals surface area contributed by atoms with E-state index in [1.54, 1.807) is 0 Å². The van der Waals surface area contributed by atoms with Crippen molar-refractivity contribution < 1.29 is 0 Å². The Bertz CT molecular complexity index is 286. The first-order chi connectivity index (χ1) is 5.43. The maximum atomic E-state index is 4.40. The van der Waals surface area contributed by atoms with E-state index in [0.29, 0.717) is 0 Å². The van der Waals surface area contributed by atoms with Gasteiger partial charge in [0.2, 0.25) is 0 Å². The van der Waals surface area contributed by atoms with Crippen molar-refractivity contribution in [2.75, 3.05) is 0 Å². The fourth-order valence-electron chi connectivity index (χ4n) is 1.06. The normalized spacial score (nSPS) is 11.8. The van der Waals surface area contributed by atoms with Crippen LogP contribution in [0.15, 0.2) is 12.3 Å². The number of halogens is 1. The van der Waals surface area contributed by atoms with E-state index >= 15 is 0 Å². The van der Waals surface area contributed by atoms with Crippen LogP contribution < -0.4 is 0 Å². The summed E-state index contributed by atoms with van der Waals surface area (Å²) in [7, 11) is 0. The molecule has 0 spiro atoms. The van der Waals surface area contributed by atoms with Gasteiger partial charge in [0.25, 0.3) is 0 Å². The summed E-state index contributed by atoms with van der Waals surface area (Å²) >= 11 is 2.37. The van der Waals surface area contributed by atoms with Crippen LogP contribution in [0.3, 0.4) is 0 Å². The zero-order chi connectivity index (χ0) is 9.35. The molecule has 1 aromatic rings. The second kappa shape index (κ2) is 3.32. The Morgan fingerprint density at radius 2 is 1.92 bits per heavy atom. The van der Waals surface area contributed by atoms with Gasteiger partial charge in [0.05, 0.1) is 5.69 Å². The molecule has 0 fully saturated rings. The van der Waals surface area contributed by atoms with Gasteiger partial charge in [0, 0.05) is 15.2 Å². The highest BCUT2D eigenvalue weighted by Crippen LogP contribution is 2.26. The molecule has 0 amide bonds. The Balaban J connectivity index is 3.26. The minimum Gasteiger partial charge on any atom is -0.260 e. The monoisotopic (exact) mass is 275 g/mol. The van der Waals surface area contributed by atoms with Gasteiger partial charge < -0.3 is 0 Å². The summed E-state index contributed by atoms with van der Waals surface area (Å²) in [6, 6.07) is 2.05. The van der Waals surface area contributed by atoms with E-state index in [-0.39, 0.29) is 5.41 Å². The van der Waals surface area contributed by atoms with E-state index in [0.717, 1.165) is 0 Å². The molecule has 0 aliphatic rings. The molecule has 0 bridgehead atoms. The summed E-state index contributed by atoms with van der Waals surface area (Å²) in [6.07, 6.45) is 1.89. The number of aryl methyl sites for hydroxylation is 1. The molecular formula is C10H14IN. The van der Waals surface area contributed by atoms with Crippen LogP contribution in [0.2, 0.25) is 0 Å². The average molecular weight is 275 g/mol. The summed E-state index contributed by atoms with van der Waals surface area (Å²) < 4.78 is 1.29. The van der Waals surface area contributed by atoms with Gasteiger partial charge in [0.15, 0.2) is 0 Å². The van der Waals surface area contributed by atoms with Crippen LogP contribution in [0, 0.1) is 10.5 Å². The van der Waals surface area contributed by atoms with Crippen LogP contribution in [0.5, 0.6) is 0 Å². The molecule has 0 N–H and O–H groups in total. The zero-order valence-corrected chi connectivity index (χ0v) is 10.1. The maximum absolute atomic E-state index is 4.40. The van der Waals surface area contributed by atoms with E-state index in [1.165, 1.54) is 14.8 Å². The number of pyridine rings is 1. The standard InChI is InChI=1S/C10H14IN/c1-7-5-6-12-9(8(7)11)10(2,3)4/h5-6H,1-4H3. The lowest BCUT2D eigenvalue weighted by Gasteiger charge is -2.19. The van der Waals surface area contributed by atoms with E-state index in [9.17, 15) is 0 Å². The van der Waals surface area contributed by atoms with Gasteiger partial charge in [0.1, 0.15) is 0 Å². The fourth-order valence-corrected chi connectivity index (χ4v) is 2.19. The van der Waals surface area contributed by atoms with Gasteiger partial charge >= 0.3 is 0 Å². The molecule has 1 nitrogen and oxygen atoms in total. The highest BCUT2D eigenvalue weighted by atomic mass is 127. The van der Waals surface area contributed by atoms with Crippen LogP contribution in [0.4, 0.5) is 0 Å². The predicted molar refractivity (Wildman–Crippen MR) is 60.4 cm³/mol. The van der Waals surface area contributed by atoms with Crippen LogP contribution in [-0.4, -0.2) is 4.98 Å². The molecule has 1 rings (SSSR count). The van der Waals surface area contributed by atoms with Crippen molar-refractivity contribution in [3.63, 3.8) is 0 Å². The topological polar surface area (TPSA) is 12.9 Å². The molecule has 66 valence electrons. The third-order valence-electron chi connectivity index (χ3n) is 1.79. The molecule has 12 heavy (non-hydrogen) atoms. The van der Waals surface area contributed by atoms with E-state index in [4.69, 9.17) is 0 Å². The first-order valence-electron chi connectivity index (χ1n) is 4.04. The fraction of sp³-hybridized carbons (Fsp3) is 0.500. The number of hydrogen-bond donors (Lipinski definition) is 0. The molecule has 1 heterocycles. The minimum atomic E-state index is 0.155. The van der Waals surface area contributed by atoms with Crippen molar-refractivity contribution in [3.8, 4) is 0 Å². The minimum absolute atomic E-state index is 0.155. The van der Waals surface area contributed by atoms with Crippen molar-refractivity contribution in [2.45, 2.75) is 33.1 Å². The van der Waals surface area contributed by atoms with Gasteiger partial charge in [-0.1, -0.05) is 20.8 Å². The Labute approximate surface area is 87.7 Å². The third-order valence-corrected chi connectivity index (χ3v) is 3.15. The Morgan fingerprint density at radius 1 is 1.33 bits per heavy atom. The molecular weight excluding hydrogens is 261 g/mol. The molecule has 1 aromatic heterocycles. The lowest BCUT2D eigenvalue weighted by atomic mass is 9.91. The van der Waals surface area contributed by atoms with Gasteiger partial charge in [-0.2, -0.15) is 0 Å². The Hall–Kier alpha value is -0.120. The van der Waals surface area contributed by atoms with Gasteiger partial charge in [-0.15, -0.1) is 0 Å². The van der Waals surface area contributed by atoms with Gasteiger partial charge in [-0.3, -0.25) is 4.98 Å². The van der Waals surface area contributed by atoms with E-state index in [1.807, 2.05) is 6.20 Å². The van der Waals surface area contributed by atoms with Gasteiger partial charge in [-0.05, 0) is 41.1 Å². The SMILES string of the molecule is Cc1ccnc(C(C)(C)C)c1I. The molecule has 0 aromatic carbocycles. The smallest absolute Gasteiger partial charge is 0.0592 e. The molecule has 0 radical (unpaired) electrons. The first-order valence-corrected chi connectivity index (χ1v) is 5.12. The molecule has 0 saturated carbocycles. The summed E-state index contributed by atoms with van der Waals surface area (Å²) in [5.41, 5.74) is 2.67. The third kappa shape index (κ3) is 1.97. The second-order valence-corrected chi connectivity index (χ2v) is 5.12. The summed E-state index contributed by atoms with van der Waals surface area (Å²) in [5.74, 6) is 0. The highest BCUT2D eigenvalue weighted by molar-refractivity contribution is 14.1. The largest absolute Gasteiger partial charge is 0.260 e. The van der Waals surface area contributed by atoms with Crippen LogP contribution in [0.1, 0.15) is 32.0 Å². The molecule has 0 aliphatic heterocycles. The molecule has 2 heteroatoms. The number of hydrogen-bond acceptors (Lipinski definition) is 1. The molecule has 0 unspecified atom stereocenters. The Morgan fingerprint density at radius 3 is 2.33 bits per heavy atom. The quantitative estimate of drug-likeness (QED) is 0.662. The average Bonchev–Trinajstić information content (AvgIpc) is 1.92. The van der Waals surface area contributed by atoms with E-state index < -0.39 is 0 Å². The van der Waals surface area contributed by atoms with Crippen molar-refractivity contribution in [2.24, 2.45) is 0 Å². The molecule has 0 aliphatic carbocycles. The van der Waals surface area contributed by atoms with Crippen molar-refractivity contribution in [3.05, 3.63) is 27.1 Å². The molecule has 0 atom stereocenters. The number of rotatable bonds is 0. The van der Waals surface area contributed by atoms with E-state index in [2.05, 4.69) is 61.3 Å². The lowest BCUT2D eigenvalue weighted by Crippen LogP contribution is -2.15. The number of aromatic nitrogens is 1.